The van der Waals surface area contributed by atoms with E-state index in [1.807, 2.05) is 6.07 Å². The number of rotatable bonds is 4. The van der Waals surface area contributed by atoms with E-state index < -0.39 is 17.0 Å². The Bertz CT molecular complexity index is 1110. The number of anilines is 1. The van der Waals surface area contributed by atoms with Gasteiger partial charge in [-0.05, 0) is 86.3 Å². The van der Waals surface area contributed by atoms with E-state index in [0.29, 0.717) is 10.8 Å². The van der Waals surface area contributed by atoms with E-state index in [-0.39, 0.29) is 22.7 Å². The number of hydrogen-bond acceptors (Lipinski definition) is 4. The number of carbonyl (C=O) groups excluding carboxylic acids is 2. The molecule has 4 rings (SSSR count). The van der Waals surface area contributed by atoms with Gasteiger partial charge in [0.25, 0.3) is 11.1 Å². The van der Waals surface area contributed by atoms with E-state index in [2.05, 4.69) is 44.7 Å². The van der Waals surface area contributed by atoms with Crippen LogP contribution in [-0.4, -0.2) is 28.1 Å². The zero-order chi connectivity index (χ0) is 23.2. The second kappa shape index (κ2) is 8.56. The minimum absolute atomic E-state index is 0.0827. The highest BCUT2D eigenvalue weighted by Crippen LogP contribution is 2.44. The lowest BCUT2D eigenvalue weighted by Gasteiger charge is -2.47. The Morgan fingerprint density at radius 3 is 2.69 bits per heavy atom. The third kappa shape index (κ3) is 4.06. The first-order valence-electron chi connectivity index (χ1n) is 10.7. The Morgan fingerprint density at radius 2 is 2.00 bits per heavy atom. The highest BCUT2D eigenvalue weighted by Gasteiger charge is 2.37. The molecule has 2 aromatic carbocycles. The van der Waals surface area contributed by atoms with E-state index in [1.54, 1.807) is 12.1 Å². The van der Waals surface area contributed by atoms with Gasteiger partial charge in [-0.15, -0.1) is 0 Å². The number of imide groups is 1. The molecule has 0 aromatic heterocycles. The van der Waals surface area contributed by atoms with Crippen molar-refractivity contribution in [1.29, 1.82) is 0 Å². The van der Waals surface area contributed by atoms with Gasteiger partial charge in [0, 0.05) is 28.4 Å². The van der Waals surface area contributed by atoms with Crippen LogP contribution in [0.15, 0.2) is 41.3 Å². The Hall–Kier alpha value is -2.31. The molecule has 7 heteroatoms. The zero-order valence-electron chi connectivity index (χ0n) is 18.6. The number of thioether (sulfide) groups is 1. The first kappa shape index (κ1) is 22.9. The minimum atomic E-state index is -0.535. The van der Waals surface area contributed by atoms with Gasteiger partial charge in [-0.1, -0.05) is 30.7 Å². The van der Waals surface area contributed by atoms with Crippen LogP contribution in [0, 0.1) is 5.82 Å². The fraction of sp³-hybridized carbons (Fsp3) is 0.360. The predicted molar refractivity (Wildman–Crippen MR) is 129 cm³/mol. The van der Waals surface area contributed by atoms with E-state index in [1.165, 1.54) is 23.4 Å². The maximum absolute atomic E-state index is 14.2. The molecule has 32 heavy (non-hydrogen) atoms. The number of hydrogen-bond donors (Lipinski definition) is 0. The first-order chi connectivity index (χ1) is 15.1. The van der Waals surface area contributed by atoms with Crippen molar-refractivity contribution in [2.45, 2.75) is 52.1 Å². The highest BCUT2D eigenvalue weighted by atomic mass is 35.5. The zero-order valence-corrected chi connectivity index (χ0v) is 20.2. The van der Waals surface area contributed by atoms with Crippen molar-refractivity contribution in [2.24, 2.45) is 0 Å². The van der Waals surface area contributed by atoms with Gasteiger partial charge in [0.2, 0.25) is 0 Å². The van der Waals surface area contributed by atoms with E-state index >= 15 is 0 Å². The van der Waals surface area contributed by atoms with E-state index in [4.69, 9.17) is 11.6 Å². The van der Waals surface area contributed by atoms with Crippen molar-refractivity contribution in [3.63, 3.8) is 0 Å². The summed E-state index contributed by atoms with van der Waals surface area (Å²) in [7, 11) is 0. The maximum atomic E-state index is 14.2. The summed E-state index contributed by atoms with van der Waals surface area (Å²) in [5.41, 5.74) is 3.57. The molecule has 1 atom stereocenters. The first-order valence-corrected chi connectivity index (χ1v) is 11.9. The summed E-state index contributed by atoms with van der Waals surface area (Å²) in [4.78, 5) is 29.2. The molecule has 0 aliphatic carbocycles. The summed E-state index contributed by atoms with van der Waals surface area (Å²) in [6.45, 7) is 9.65. The summed E-state index contributed by atoms with van der Waals surface area (Å²) < 4.78 is 14.2. The summed E-state index contributed by atoms with van der Waals surface area (Å²) in [6, 6.07) is 10.5. The van der Waals surface area contributed by atoms with Gasteiger partial charge in [-0.25, -0.2) is 4.39 Å². The average Bonchev–Trinajstić information content (AvgIpc) is 2.98. The van der Waals surface area contributed by atoms with Crippen LogP contribution in [0.1, 0.15) is 56.7 Å². The van der Waals surface area contributed by atoms with Crippen molar-refractivity contribution < 1.29 is 14.0 Å². The van der Waals surface area contributed by atoms with Crippen molar-refractivity contribution in [3.05, 3.63) is 68.8 Å². The molecular weight excluding hydrogens is 447 g/mol. The van der Waals surface area contributed by atoms with Gasteiger partial charge < -0.3 is 4.90 Å². The van der Waals surface area contributed by atoms with Crippen molar-refractivity contribution in [3.8, 4) is 0 Å². The Balaban J connectivity index is 1.62. The van der Waals surface area contributed by atoms with Gasteiger partial charge in [0.05, 0.1) is 11.4 Å². The molecule has 168 valence electrons. The second-order valence-electron chi connectivity index (χ2n) is 8.95. The van der Waals surface area contributed by atoms with Crippen LogP contribution in [-0.2, 0) is 11.3 Å². The quantitative estimate of drug-likeness (QED) is 0.457. The smallest absolute Gasteiger partial charge is 0.293 e. The van der Waals surface area contributed by atoms with Crippen LogP contribution in [0.25, 0.3) is 6.08 Å². The van der Waals surface area contributed by atoms with Crippen LogP contribution < -0.4 is 4.90 Å². The van der Waals surface area contributed by atoms with Crippen LogP contribution in [0.3, 0.4) is 0 Å². The van der Waals surface area contributed by atoms with E-state index in [9.17, 15) is 14.0 Å². The van der Waals surface area contributed by atoms with Crippen LogP contribution in [0.2, 0.25) is 5.02 Å². The highest BCUT2D eigenvalue weighted by molar-refractivity contribution is 8.18. The molecule has 0 bridgehead atoms. The maximum Gasteiger partial charge on any atom is 0.293 e. The molecule has 0 saturated carbocycles. The lowest BCUT2D eigenvalue weighted by atomic mass is 9.79. The number of nitrogens with zero attached hydrogens (tertiary/aromatic N) is 2. The number of benzene rings is 2. The monoisotopic (exact) mass is 472 g/mol. The minimum Gasteiger partial charge on any atom is -0.366 e. The molecule has 0 radical (unpaired) electrons. The molecule has 0 spiro atoms. The van der Waals surface area contributed by atoms with Crippen molar-refractivity contribution in [1.82, 2.24) is 4.90 Å². The molecule has 2 amide bonds. The SMILES string of the molecule is CCN1c2ccc(/C=C3/SC(=O)N(Cc4c(F)cccc4Cl)C3=O)cc2C(C)CC1(C)C. The number of halogens is 2. The topological polar surface area (TPSA) is 40.6 Å². The number of carbonyl (C=O) groups is 2. The van der Waals surface area contributed by atoms with Crippen LogP contribution in [0.4, 0.5) is 14.9 Å². The molecule has 0 N–H and O–H groups in total. The normalized spacial score (nSPS) is 21.4. The summed E-state index contributed by atoms with van der Waals surface area (Å²) in [5, 5.41) is -0.231. The standard InChI is InChI=1S/C25H26ClFN2O2S/c1-5-29-21-10-9-16(11-17(21)15(2)13-25(29,3)4)12-22-23(30)28(24(31)32-22)14-18-19(26)7-6-8-20(18)27/h6-12,15H,5,13-14H2,1-4H3/b22-12+. The molecule has 2 aliphatic heterocycles. The van der Waals surface area contributed by atoms with Crippen molar-refractivity contribution >= 4 is 46.3 Å². The van der Waals surface area contributed by atoms with Crippen LogP contribution >= 0.6 is 23.4 Å². The van der Waals surface area contributed by atoms with Crippen LogP contribution in [0.5, 0.6) is 0 Å². The third-order valence-electron chi connectivity index (χ3n) is 6.28. The summed E-state index contributed by atoms with van der Waals surface area (Å²) >= 11 is 6.95. The fourth-order valence-electron chi connectivity index (χ4n) is 4.83. The molecule has 4 nitrogen and oxygen atoms in total. The second-order valence-corrected chi connectivity index (χ2v) is 10.3. The van der Waals surface area contributed by atoms with Gasteiger partial charge in [-0.2, -0.15) is 0 Å². The Kier molecular flexibility index (Phi) is 6.12. The Labute approximate surface area is 197 Å². The Morgan fingerprint density at radius 1 is 1.25 bits per heavy atom. The summed E-state index contributed by atoms with van der Waals surface area (Å²) in [5.74, 6) is -0.580. The molecule has 2 heterocycles. The van der Waals surface area contributed by atoms with Gasteiger partial charge in [0.15, 0.2) is 0 Å². The van der Waals surface area contributed by atoms with Gasteiger partial charge >= 0.3 is 0 Å². The van der Waals surface area contributed by atoms with Crippen molar-refractivity contribution in [2.75, 3.05) is 11.4 Å². The lowest BCUT2D eigenvalue weighted by molar-refractivity contribution is -0.123. The molecule has 1 saturated heterocycles. The van der Waals surface area contributed by atoms with Gasteiger partial charge in [-0.3, -0.25) is 14.5 Å². The molecular formula is C25H26ClFN2O2S. The predicted octanol–water partition coefficient (Wildman–Crippen LogP) is 6.83. The molecule has 1 fully saturated rings. The van der Waals surface area contributed by atoms with Gasteiger partial charge in [0.1, 0.15) is 5.82 Å². The van der Waals surface area contributed by atoms with E-state index in [0.717, 1.165) is 35.2 Å². The summed E-state index contributed by atoms with van der Waals surface area (Å²) in [6.07, 6.45) is 2.79. The molecule has 1 unspecified atom stereocenters. The molecule has 2 aromatic rings. The lowest BCUT2D eigenvalue weighted by Crippen LogP contribution is -2.48. The average molecular weight is 473 g/mol. The third-order valence-corrected chi connectivity index (χ3v) is 7.54. The number of fused-ring (bicyclic) bond motifs is 1. The largest absolute Gasteiger partial charge is 0.366 e. The molecule has 2 aliphatic rings. The fourth-order valence-corrected chi connectivity index (χ4v) is 5.89. The number of amides is 2.